The minimum atomic E-state index is -1.39. The molecule has 0 fully saturated rings. The van der Waals surface area contributed by atoms with Crippen LogP contribution < -0.4 is 20.5 Å². The van der Waals surface area contributed by atoms with E-state index in [0.29, 0.717) is 30.2 Å². The summed E-state index contributed by atoms with van der Waals surface area (Å²) >= 11 is 0. The molecule has 2 unspecified atom stereocenters. The lowest BCUT2D eigenvalue weighted by Crippen LogP contribution is -2.29. The van der Waals surface area contributed by atoms with E-state index in [1.165, 1.54) is 14.0 Å². The van der Waals surface area contributed by atoms with Gasteiger partial charge in [0.05, 0.1) is 7.11 Å². The van der Waals surface area contributed by atoms with Gasteiger partial charge in [-0.2, -0.15) is 4.98 Å². The first-order chi connectivity index (χ1) is 20.0. The Kier molecular flexibility index (Phi) is 11.3. The van der Waals surface area contributed by atoms with Crippen molar-refractivity contribution in [3.63, 3.8) is 0 Å². The Morgan fingerprint density at radius 2 is 1.74 bits per heavy atom. The number of aromatic nitrogens is 1. The highest BCUT2D eigenvalue weighted by Crippen LogP contribution is 2.32. The van der Waals surface area contributed by atoms with Crippen LogP contribution in [0.4, 0.5) is 8.78 Å². The maximum atomic E-state index is 14.7. The van der Waals surface area contributed by atoms with E-state index in [1.54, 1.807) is 19.1 Å². The van der Waals surface area contributed by atoms with E-state index in [9.17, 15) is 28.3 Å². The molecule has 1 amide bonds. The van der Waals surface area contributed by atoms with Gasteiger partial charge < -0.3 is 30.4 Å². The Morgan fingerprint density at radius 1 is 1.02 bits per heavy atom. The Morgan fingerprint density at radius 3 is 2.40 bits per heavy atom. The van der Waals surface area contributed by atoms with Crippen LogP contribution in [0.25, 0.3) is 11.1 Å². The van der Waals surface area contributed by atoms with Crippen molar-refractivity contribution in [2.24, 2.45) is 11.7 Å². The number of esters is 1. The monoisotopic (exact) mass is 585 g/mol. The molecular weight excluding hydrogens is 552 g/mol. The lowest BCUT2D eigenvalue weighted by Gasteiger charge is -2.16. The van der Waals surface area contributed by atoms with Gasteiger partial charge in [0, 0.05) is 31.5 Å². The second-order valence-electron chi connectivity index (χ2n) is 9.52. The largest absolute Gasteiger partial charge is 0.479 e. The molecule has 1 heterocycles. The van der Waals surface area contributed by atoms with Crippen LogP contribution in [0, 0.1) is 17.6 Å². The molecule has 0 radical (unpaired) electrons. The molecule has 10 nitrogen and oxygen atoms in total. The highest BCUT2D eigenvalue weighted by atomic mass is 19.1. The summed E-state index contributed by atoms with van der Waals surface area (Å²) < 4.78 is 44.5. The molecule has 2 atom stereocenters. The number of carbonyl (C=O) groups excluding carboxylic acids is 2. The summed E-state index contributed by atoms with van der Waals surface area (Å²) in [7, 11) is 1.28. The normalized spacial score (nSPS) is 12.2. The number of hydrogen-bond donors (Lipinski definition) is 3. The van der Waals surface area contributed by atoms with Gasteiger partial charge in [0.15, 0.2) is 17.7 Å². The molecule has 0 bridgehead atoms. The molecule has 224 valence electrons. The molecular formula is C30H33F2N3O7. The summed E-state index contributed by atoms with van der Waals surface area (Å²) in [5, 5.41) is 12.1. The molecule has 3 rings (SSSR count). The number of aliphatic carboxylic acids is 1. The molecule has 0 saturated heterocycles. The van der Waals surface area contributed by atoms with Crippen molar-refractivity contribution in [1.82, 2.24) is 10.3 Å². The molecule has 2 aromatic carbocycles. The minimum absolute atomic E-state index is 0.0182. The predicted molar refractivity (Wildman–Crippen MR) is 149 cm³/mol. The van der Waals surface area contributed by atoms with E-state index < -0.39 is 47.4 Å². The Bertz CT molecular complexity index is 1430. The van der Waals surface area contributed by atoms with Crippen molar-refractivity contribution in [2.75, 3.05) is 7.11 Å². The van der Waals surface area contributed by atoms with Gasteiger partial charge in [0.2, 0.25) is 5.91 Å². The lowest BCUT2D eigenvalue weighted by molar-refractivity contribution is -0.145. The smallest absolute Gasteiger partial charge is 0.344 e. The fourth-order valence-electron chi connectivity index (χ4n) is 3.94. The van der Waals surface area contributed by atoms with Crippen molar-refractivity contribution < 1.29 is 42.5 Å². The van der Waals surface area contributed by atoms with Gasteiger partial charge in [-0.15, -0.1) is 0 Å². The highest BCUT2D eigenvalue weighted by molar-refractivity contribution is 5.79. The molecule has 0 aliphatic rings. The van der Waals surface area contributed by atoms with Crippen LogP contribution >= 0.6 is 0 Å². The van der Waals surface area contributed by atoms with E-state index in [1.807, 2.05) is 30.3 Å². The van der Waals surface area contributed by atoms with Crippen LogP contribution in [-0.4, -0.2) is 41.2 Å². The second-order valence-corrected chi connectivity index (χ2v) is 9.52. The third kappa shape index (κ3) is 8.71. The number of nitrogens with zero attached hydrogens (tertiary/aromatic N) is 1. The summed E-state index contributed by atoms with van der Waals surface area (Å²) in [6.07, 6.45) is -0.971. The summed E-state index contributed by atoms with van der Waals surface area (Å²) in [5.74, 6) is -6.04. The number of carbonyl (C=O) groups is 3. The highest BCUT2D eigenvalue weighted by Gasteiger charge is 2.23. The number of benzene rings is 2. The topological polar surface area (TPSA) is 150 Å². The second kappa shape index (κ2) is 14.9. The van der Waals surface area contributed by atoms with E-state index in [-0.39, 0.29) is 31.0 Å². The van der Waals surface area contributed by atoms with Gasteiger partial charge in [-0.05, 0) is 59.4 Å². The van der Waals surface area contributed by atoms with Crippen molar-refractivity contribution in [3.8, 4) is 28.6 Å². The molecule has 0 saturated carbocycles. The lowest BCUT2D eigenvalue weighted by atomic mass is 10.00. The summed E-state index contributed by atoms with van der Waals surface area (Å²) in [6.45, 7) is 3.60. The summed E-state index contributed by atoms with van der Waals surface area (Å²) in [5.41, 5.74) is 8.67. The van der Waals surface area contributed by atoms with E-state index in [4.69, 9.17) is 15.2 Å². The van der Waals surface area contributed by atoms with Crippen molar-refractivity contribution >= 4 is 17.8 Å². The zero-order chi connectivity index (χ0) is 30.8. The van der Waals surface area contributed by atoms with E-state index >= 15 is 0 Å². The maximum Gasteiger partial charge on any atom is 0.344 e. The number of ether oxygens (including phenoxy) is 3. The average molecular weight is 586 g/mol. The van der Waals surface area contributed by atoms with Crippen molar-refractivity contribution in [1.29, 1.82) is 0 Å². The minimum Gasteiger partial charge on any atom is -0.479 e. The quantitative estimate of drug-likeness (QED) is 0.228. The fourth-order valence-corrected chi connectivity index (χ4v) is 3.94. The third-order valence-electron chi connectivity index (χ3n) is 6.37. The number of carboxylic acid groups (broad SMARTS) is 1. The van der Waals surface area contributed by atoms with Crippen LogP contribution in [0.3, 0.4) is 0 Å². The molecule has 3 aromatic rings. The number of rotatable bonds is 14. The van der Waals surface area contributed by atoms with Crippen molar-refractivity contribution in [3.05, 3.63) is 71.3 Å². The zero-order valence-electron chi connectivity index (χ0n) is 23.5. The first kappa shape index (κ1) is 31.9. The fraction of sp³-hybridized carbons (Fsp3) is 0.333. The molecule has 0 aliphatic carbocycles. The number of amides is 1. The molecule has 42 heavy (non-hydrogen) atoms. The number of hydrogen-bond acceptors (Lipinski definition) is 8. The van der Waals surface area contributed by atoms with E-state index in [0.717, 1.165) is 11.1 Å². The Balaban J connectivity index is 1.92. The van der Waals surface area contributed by atoms with Crippen LogP contribution in [0.2, 0.25) is 0 Å². The van der Waals surface area contributed by atoms with Crippen molar-refractivity contribution in [2.45, 2.75) is 52.3 Å². The molecule has 0 spiro atoms. The van der Waals surface area contributed by atoms with Gasteiger partial charge in [-0.3, -0.25) is 9.59 Å². The summed E-state index contributed by atoms with van der Waals surface area (Å²) in [6, 6.07) is 12.9. The third-order valence-corrected chi connectivity index (χ3v) is 6.37. The molecule has 12 heteroatoms. The summed E-state index contributed by atoms with van der Waals surface area (Å²) in [4.78, 5) is 39.2. The number of nitrogens with two attached hydrogens (primary N) is 1. The zero-order valence-corrected chi connectivity index (χ0v) is 23.5. The first-order valence-corrected chi connectivity index (χ1v) is 13.3. The van der Waals surface area contributed by atoms with Crippen LogP contribution in [0.1, 0.15) is 44.2 Å². The van der Waals surface area contributed by atoms with E-state index in [2.05, 4.69) is 15.0 Å². The number of methoxy groups -OCH3 is 1. The van der Waals surface area contributed by atoms with Crippen LogP contribution in [0.15, 0.2) is 48.5 Å². The van der Waals surface area contributed by atoms with Gasteiger partial charge in [-0.25, -0.2) is 13.6 Å². The van der Waals surface area contributed by atoms with Gasteiger partial charge in [-0.1, -0.05) is 32.0 Å². The standard InChI is InChI=1S/C30H33F2N3O7/c1-4-25(30(38)39)42-29-24(32)14-23(31)28(35-29)41-22-12-19(16-34-27(37)17(2)8-9-26(36)40-3)11-21(13-22)20-7-5-6-18(10-20)15-33/h5-7,10-14,17,25H,4,8-9,15-16,33H2,1-3H3,(H,34,37)(H,38,39). The molecule has 4 N–H and O–H groups in total. The van der Waals surface area contributed by atoms with Crippen LogP contribution in [0.5, 0.6) is 17.5 Å². The van der Waals surface area contributed by atoms with Gasteiger partial charge >= 0.3 is 11.9 Å². The first-order valence-electron chi connectivity index (χ1n) is 13.3. The molecule has 1 aromatic heterocycles. The predicted octanol–water partition coefficient (Wildman–Crippen LogP) is 4.73. The van der Waals surface area contributed by atoms with Crippen LogP contribution in [-0.2, 0) is 32.2 Å². The number of carboxylic acids is 1. The number of nitrogens with one attached hydrogen (secondary N) is 1. The maximum absolute atomic E-state index is 14.7. The Labute approximate surface area is 241 Å². The SMILES string of the molecule is CCC(Oc1nc(Oc2cc(CNC(=O)C(C)CCC(=O)OC)cc(-c3cccc(CN)c3)c2)c(F)cc1F)C(=O)O. The number of halogens is 2. The number of pyridine rings is 1. The van der Waals surface area contributed by atoms with Gasteiger partial charge in [0.1, 0.15) is 5.75 Å². The Hall–Kier alpha value is -4.58. The molecule has 0 aliphatic heterocycles. The average Bonchev–Trinajstić information content (AvgIpc) is 2.98. The van der Waals surface area contributed by atoms with Gasteiger partial charge in [0.25, 0.3) is 11.8 Å².